The van der Waals surface area contributed by atoms with E-state index in [2.05, 4.69) is 0 Å². The Morgan fingerprint density at radius 2 is 1.00 bits per heavy atom. The summed E-state index contributed by atoms with van der Waals surface area (Å²) in [5.74, 6) is 0. The Morgan fingerprint density at radius 3 is 1.00 bits per heavy atom. The fourth-order valence-electron chi connectivity index (χ4n) is 0. The van der Waals surface area contributed by atoms with Gasteiger partial charge in [0.25, 0.3) is 0 Å². The quantitative estimate of drug-likeness (QED) is 0.436. The van der Waals surface area contributed by atoms with Gasteiger partial charge in [0.15, 0.2) is 0 Å². The van der Waals surface area contributed by atoms with Crippen molar-refractivity contribution in [1.29, 1.82) is 0 Å². The molecule has 4 heteroatoms. The molecule has 0 aliphatic rings. The van der Waals surface area contributed by atoms with Gasteiger partial charge in [-0.1, -0.05) is 0 Å². The maximum Gasteiger partial charge on any atom is 0 e. The monoisotopic (exact) mass is 181 g/mol. The predicted octanol–water partition coefficient (Wildman–Crippen LogP) is -0.656. The summed E-state index contributed by atoms with van der Waals surface area (Å²) in [4.78, 5) is 0. The predicted molar refractivity (Wildman–Crippen MR) is 7.15 cm³/mol. The van der Waals surface area contributed by atoms with Crippen LogP contribution in [0.2, 0.25) is 0 Å². The third-order valence-corrected chi connectivity index (χ3v) is 0. The summed E-state index contributed by atoms with van der Waals surface area (Å²) in [5.41, 5.74) is 0. The van der Waals surface area contributed by atoms with Crippen molar-refractivity contribution < 1.29 is 50.3 Å². The second-order valence-electron chi connectivity index (χ2n) is 0. The molecule has 4 heavy (non-hydrogen) atoms. The van der Waals surface area contributed by atoms with Crippen LogP contribution in [0.1, 0.15) is 0 Å². The van der Waals surface area contributed by atoms with Crippen molar-refractivity contribution in [2.24, 2.45) is 0 Å². The molecule has 0 fully saturated rings. The molecule has 29 valence electrons. The van der Waals surface area contributed by atoms with Crippen molar-refractivity contribution in [3.8, 4) is 0 Å². The fraction of sp³-hybridized carbons (Fsp3) is 0. The van der Waals surface area contributed by atoms with E-state index in [0.29, 0.717) is 0 Å². The van der Waals surface area contributed by atoms with E-state index in [-0.39, 0.29) is 69.2 Å². The molecular formula is HCoFeLiNi. The molecule has 0 aromatic heterocycles. The standard InChI is InChI=1S/Co.Fe.Li.Ni.H. The molecule has 0 unspecified atom stereocenters. The van der Waals surface area contributed by atoms with Crippen LogP contribution in [0.5, 0.6) is 0 Å². The summed E-state index contributed by atoms with van der Waals surface area (Å²) in [5, 5.41) is 0. The van der Waals surface area contributed by atoms with Gasteiger partial charge >= 0.3 is 18.9 Å². The maximum atomic E-state index is 0. The normalized spacial score (nSPS) is 0. The average Bonchev–Trinajstić information content (AvgIpc) is 0. The molecule has 0 bridgehead atoms. The minimum absolute atomic E-state index is 0. The van der Waals surface area contributed by atoms with Crippen LogP contribution in [0, 0.1) is 0 Å². The Balaban J connectivity index is 0. The Morgan fingerprint density at radius 1 is 1.00 bits per heavy atom. The van der Waals surface area contributed by atoms with Crippen LogP contribution in [0.3, 0.4) is 0 Å². The van der Waals surface area contributed by atoms with E-state index in [1.165, 1.54) is 0 Å². The zero-order chi connectivity index (χ0) is 0. The summed E-state index contributed by atoms with van der Waals surface area (Å²) in [6.07, 6.45) is 0. The molecule has 0 aliphatic heterocycles. The van der Waals surface area contributed by atoms with Gasteiger partial charge in [-0.2, -0.15) is 0 Å². The molecule has 0 rings (SSSR count). The molecule has 0 spiro atoms. The minimum atomic E-state index is 0. The van der Waals surface area contributed by atoms with E-state index < -0.39 is 0 Å². The Kier molecular flexibility index (Phi) is 173. The third-order valence-electron chi connectivity index (χ3n) is 0. The number of rotatable bonds is 0. The molecule has 1 radical (unpaired) electrons. The Hall–Kier alpha value is 2.12. The van der Waals surface area contributed by atoms with Crippen molar-refractivity contribution in [2.75, 3.05) is 0 Å². The first kappa shape index (κ1) is 35.7. The van der Waals surface area contributed by atoms with E-state index in [4.69, 9.17) is 0 Å². The molecule has 0 aromatic carbocycles. The van der Waals surface area contributed by atoms with Gasteiger partial charge in [-0.25, -0.2) is 0 Å². The van der Waals surface area contributed by atoms with Crippen molar-refractivity contribution in [2.45, 2.75) is 0 Å². The third kappa shape index (κ3) is 8.93. The number of hydrogen-bond donors (Lipinski definition) is 0. The van der Waals surface area contributed by atoms with Crippen molar-refractivity contribution in [3.63, 3.8) is 0 Å². The molecule has 0 atom stereocenters. The molecule has 0 N–H and O–H groups in total. The van der Waals surface area contributed by atoms with Crippen LogP contribution in [0.25, 0.3) is 0 Å². The first-order valence-corrected chi connectivity index (χ1v) is 0. The van der Waals surface area contributed by atoms with Gasteiger partial charge in [0, 0.05) is 50.3 Å². The summed E-state index contributed by atoms with van der Waals surface area (Å²) in [6.45, 7) is 0. The zero-order valence-corrected chi connectivity index (χ0v) is 4.14. The molecule has 0 saturated heterocycles. The van der Waals surface area contributed by atoms with Gasteiger partial charge < -0.3 is 0 Å². The minimum Gasteiger partial charge on any atom is 0 e. The van der Waals surface area contributed by atoms with E-state index in [1.54, 1.807) is 0 Å². The van der Waals surface area contributed by atoms with Crippen LogP contribution >= 0.6 is 0 Å². The summed E-state index contributed by atoms with van der Waals surface area (Å²) in [7, 11) is 0. The summed E-state index contributed by atoms with van der Waals surface area (Å²) in [6, 6.07) is 0. The van der Waals surface area contributed by atoms with E-state index >= 15 is 0 Å². The van der Waals surface area contributed by atoms with Crippen LogP contribution in [0.4, 0.5) is 0 Å². The molecule has 0 aromatic rings. The van der Waals surface area contributed by atoms with E-state index in [1.807, 2.05) is 0 Å². The number of hydrogen-bond acceptors (Lipinski definition) is 0. The Labute approximate surface area is 68.6 Å². The first-order chi connectivity index (χ1) is 0. The van der Waals surface area contributed by atoms with Gasteiger partial charge in [-0.3, -0.25) is 0 Å². The fourth-order valence-corrected chi connectivity index (χ4v) is 0. The molecular weight excluding hydrogens is 180 g/mol. The summed E-state index contributed by atoms with van der Waals surface area (Å²) < 4.78 is 0. The van der Waals surface area contributed by atoms with Gasteiger partial charge in [0.05, 0.1) is 0 Å². The topological polar surface area (TPSA) is 0 Å². The first-order valence-electron chi connectivity index (χ1n) is 0. The van der Waals surface area contributed by atoms with E-state index in [0.717, 1.165) is 0 Å². The molecule has 0 heterocycles. The smallest absolute Gasteiger partial charge is 0 e. The van der Waals surface area contributed by atoms with Crippen LogP contribution < -0.4 is 0 Å². The molecule has 0 aliphatic carbocycles. The largest absolute Gasteiger partial charge is 0 e. The zero-order valence-electron chi connectivity index (χ0n) is 1.00. The van der Waals surface area contributed by atoms with Crippen LogP contribution in [0.15, 0.2) is 0 Å². The van der Waals surface area contributed by atoms with Gasteiger partial charge in [0.2, 0.25) is 0 Å². The second-order valence-corrected chi connectivity index (χ2v) is 0. The van der Waals surface area contributed by atoms with Crippen molar-refractivity contribution in [3.05, 3.63) is 0 Å². The van der Waals surface area contributed by atoms with Gasteiger partial charge in [0.1, 0.15) is 0 Å². The summed E-state index contributed by atoms with van der Waals surface area (Å²) >= 11 is 0. The van der Waals surface area contributed by atoms with Crippen molar-refractivity contribution >= 4 is 18.9 Å². The van der Waals surface area contributed by atoms with Crippen LogP contribution in [-0.4, -0.2) is 18.9 Å². The van der Waals surface area contributed by atoms with Gasteiger partial charge in [-0.05, 0) is 0 Å². The molecule has 0 nitrogen and oxygen atoms in total. The molecule has 0 saturated carbocycles. The molecule has 0 amide bonds. The van der Waals surface area contributed by atoms with Crippen molar-refractivity contribution in [1.82, 2.24) is 0 Å². The van der Waals surface area contributed by atoms with Gasteiger partial charge in [-0.15, -0.1) is 0 Å². The SMILES string of the molecule is [Co].[Fe].[LiH].[Ni]. The average molecular weight is 181 g/mol. The van der Waals surface area contributed by atoms with Crippen LogP contribution in [-0.2, 0) is 50.3 Å². The maximum absolute atomic E-state index is 0. The second kappa shape index (κ2) is 19.4. The Bertz CT molecular complexity index is 8.00. The van der Waals surface area contributed by atoms with E-state index in [9.17, 15) is 0 Å².